The molecule has 4 rings (SSSR count). The molecule has 0 bridgehead atoms. The third kappa shape index (κ3) is 4.91. The minimum Gasteiger partial charge on any atom is -0.355 e. The Morgan fingerprint density at radius 3 is 2.60 bits per heavy atom. The van der Waals surface area contributed by atoms with Gasteiger partial charge in [-0.3, -0.25) is 0 Å². The maximum atomic E-state index is 12.6. The van der Waals surface area contributed by atoms with Gasteiger partial charge in [0.05, 0.1) is 5.56 Å². The van der Waals surface area contributed by atoms with Crippen LogP contribution in [0, 0.1) is 0 Å². The van der Waals surface area contributed by atoms with E-state index in [0.29, 0.717) is 6.54 Å². The number of halogens is 3. The first-order valence-corrected chi connectivity index (χ1v) is 10.7. The van der Waals surface area contributed by atoms with Gasteiger partial charge in [-0.15, -0.1) is 11.3 Å². The van der Waals surface area contributed by atoms with Crippen LogP contribution in [0.5, 0.6) is 0 Å². The molecule has 7 heteroatoms. The Labute approximate surface area is 176 Å². The van der Waals surface area contributed by atoms with E-state index >= 15 is 0 Å². The van der Waals surface area contributed by atoms with Crippen molar-refractivity contribution in [2.45, 2.75) is 32.0 Å². The molecular formula is C23H21F3N2OS. The lowest BCUT2D eigenvalue weighted by atomic mass is 10.0. The van der Waals surface area contributed by atoms with Gasteiger partial charge in [-0.05, 0) is 66.6 Å². The number of unbranched alkanes of at least 4 members (excludes halogenated alkanes) is 1. The molecule has 0 saturated heterocycles. The van der Waals surface area contributed by atoms with Gasteiger partial charge in [0.1, 0.15) is 10.4 Å². The molecule has 0 aliphatic carbocycles. The fraction of sp³-hybridized carbons (Fsp3) is 0.261. The molecule has 0 unspecified atom stereocenters. The largest absolute Gasteiger partial charge is 0.416 e. The SMILES string of the molecule is FC(F)(F)c1ccc(CNCCCCc2cccc(-c3noc4ccsc34)c2)cc1. The molecule has 2 aromatic carbocycles. The highest BCUT2D eigenvalue weighted by Gasteiger charge is 2.29. The van der Waals surface area contributed by atoms with E-state index in [9.17, 15) is 13.2 Å². The molecule has 3 nitrogen and oxygen atoms in total. The second-order valence-corrected chi connectivity index (χ2v) is 8.09. The normalized spacial score (nSPS) is 12.0. The van der Waals surface area contributed by atoms with Crippen LogP contribution in [0.2, 0.25) is 0 Å². The Balaban J connectivity index is 1.22. The molecule has 156 valence electrons. The smallest absolute Gasteiger partial charge is 0.355 e. The molecule has 1 N–H and O–H groups in total. The van der Waals surface area contributed by atoms with Crippen molar-refractivity contribution in [2.24, 2.45) is 0 Å². The lowest BCUT2D eigenvalue weighted by Crippen LogP contribution is -2.15. The highest BCUT2D eigenvalue weighted by atomic mass is 32.1. The zero-order valence-corrected chi connectivity index (χ0v) is 17.0. The Kier molecular flexibility index (Phi) is 6.20. The minimum absolute atomic E-state index is 0.566. The Morgan fingerprint density at radius 1 is 0.967 bits per heavy atom. The van der Waals surface area contributed by atoms with E-state index in [1.165, 1.54) is 17.7 Å². The number of hydrogen-bond acceptors (Lipinski definition) is 4. The molecule has 0 radical (unpaired) electrons. The molecule has 0 atom stereocenters. The van der Waals surface area contributed by atoms with Crippen molar-refractivity contribution in [3.63, 3.8) is 0 Å². The molecule has 30 heavy (non-hydrogen) atoms. The van der Waals surface area contributed by atoms with Crippen LogP contribution in [0.4, 0.5) is 13.2 Å². The van der Waals surface area contributed by atoms with E-state index in [1.54, 1.807) is 11.3 Å². The number of aromatic nitrogens is 1. The number of aryl methyl sites for hydroxylation is 1. The molecule has 2 aromatic heterocycles. The van der Waals surface area contributed by atoms with Gasteiger partial charge in [-0.2, -0.15) is 13.2 Å². The van der Waals surface area contributed by atoms with Gasteiger partial charge in [0.2, 0.25) is 0 Å². The van der Waals surface area contributed by atoms with Crippen molar-refractivity contribution >= 4 is 21.6 Å². The summed E-state index contributed by atoms with van der Waals surface area (Å²) in [6, 6.07) is 15.6. The lowest BCUT2D eigenvalue weighted by molar-refractivity contribution is -0.137. The van der Waals surface area contributed by atoms with Crippen LogP contribution in [0.15, 0.2) is 64.5 Å². The van der Waals surface area contributed by atoms with Crippen LogP contribution in [0.25, 0.3) is 21.5 Å². The van der Waals surface area contributed by atoms with E-state index < -0.39 is 11.7 Å². The molecule has 0 saturated carbocycles. The van der Waals surface area contributed by atoms with Crippen molar-refractivity contribution in [3.05, 3.63) is 76.7 Å². The zero-order valence-electron chi connectivity index (χ0n) is 16.2. The summed E-state index contributed by atoms with van der Waals surface area (Å²) in [4.78, 5) is 0. The van der Waals surface area contributed by atoms with Gasteiger partial charge < -0.3 is 9.84 Å². The molecule has 0 aliphatic rings. The first-order valence-electron chi connectivity index (χ1n) is 9.80. The van der Waals surface area contributed by atoms with Crippen molar-refractivity contribution in [3.8, 4) is 11.3 Å². The van der Waals surface area contributed by atoms with Gasteiger partial charge in [0.25, 0.3) is 0 Å². The second-order valence-electron chi connectivity index (χ2n) is 7.17. The number of fused-ring (bicyclic) bond motifs is 1. The average Bonchev–Trinajstić information content (AvgIpc) is 3.34. The van der Waals surface area contributed by atoms with Gasteiger partial charge in [-0.25, -0.2) is 0 Å². The number of benzene rings is 2. The van der Waals surface area contributed by atoms with E-state index in [0.717, 1.165) is 65.0 Å². The Morgan fingerprint density at radius 2 is 1.80 bits per heavy atom. The third-order valence-electron chi connectivity index (χ3n) is 4.96. The van der Waals surface area contributed by atoms with Crippen LogP contribution in [-0.4, -0.2) is 11.7 Å². The first kappa shape index (κ1) is 20.6. The number of rotatable bonds is 8. The van der Waals surface area contributed by atoms with Crippen molar-refractivity contribution < 1.29 is 17.7 Å². The van der Waals surface area contributed by atoms with Crippen LogP contribution in [0.3, 0.4) is 0 Å². The topological polar surface area (TPSA) is 38.1 Å². The fourth-order valence-electron chi connectivity index (χ4n) is 3.36. The summed E-state index contributed by atoms with van der Waals surface area (Å²) in [7, 11) is 0. The van der Waals surface area contributed by atoms with E-state index in [2.05, 4.69) is 22.6 Å². The average molecular weight is 430 g/mol. The standard InChI is InChI=1S/C23H21F3N2OS/c24-23(25,26)19-9-7-17(8-10-19)15-27-12-2-1-4-16-5-3-6-18(14-16)21-22-20(29-28-21)11-13-30-22/h3,5-11,13-14,27H,1-2,4,12,15H2. The fourth-order valence-corrected chi connectivity index (χ4v) is 4.18. The van der Waals surface area contributed by atoms with Gasteiger partial charge in [0.15, 0.2) is 5.58 Å². The first-order chi connectivity index (χ1) is 14.5. The maximum Gasteiger partial charge on any atom is 0.416 e. The number of hydrogen-bond donors (Lipinski definition) is 1. The number of alkyl halides is 3. The van der Waals surface area contributed by atoms with Gasteiger partial charge >= 0.3 is 6.18 Å². The van der Waals surface area contributed by atoms with Crippen LogP contribution in [0.1, 0.15) is 29.5 Å². The summed E-state index contributed by atoms with van der Waals surface area (Å²) in [5, 5.41) is 9.49. The number of nitrogens with zero attached hydrogens (tertiary/aromatic N) is 1. The predicted octanol–water partition coefficient (Wildman–Crippen LogP) is 6.69. The van der Waals surface area contributed by atoms with Gasteiger partial charge in [0, 0.05) is 12.1 Å². The summed E-state index contributed by atoms with van der Waals surface area (Å²) in [6.07, 6.45) is -1.31. The van der Waals surface area contributed by atoms with Crippen LogP contribution >= 0.6 is 11.3 Å². The van der Waals surface area contributed by atoms with E-state index in [4.69, 9.17) is 4.52 Å². The molecule has 0 spiro atoms. The highest BCUT2D eigenvalue weighted by Crippen LogP contribution is 2.32. The zero-order chi connectivity index (χ0) is 21.0. The van der Waals surface area contributed by atoms with E-state index in [-0.39, 0.29) is 0 Å². The lowest BCUT2D eigenvalue weighted by Gasteiger charge is -2.09. The second kappa shape index (κ2) is 9.02. The maximum absolute atomic E-state index is 12.6. The van der Waals surface area contributed by atoms with Crippen LogP contribution in [-0.2, 0) is 19.1 Å². The van der Waals surface area contributed by atoms with Gasteiger partial charge in [-0.1, -0.05) is 35.5 Å². The minimum atomic E-state index is -4.29. The molecule has 2 heterocycles. The summed E-state index contributed by atoms with van der Waals surface area (Å²) in [5.74, 6) is 0. The van der Waals surface area contributed by atoms with Crippen molar-refractivity contribution in [1.82, 2.24) is 10.5 Å². The summed E-state index contributed by atoms with van der Waals surface area (Å²) in [6.45, 7) is 1.39. The Bertz CT molecular complexity index is 1100. The molecule has 0 fully saturated rings. The monoisotopic (exact) mass is 430 g/mol. The van der Waals surface area contributed by atoms with E-state index in [1.807, 2.05) is 23.6 Å². The Hall–Kier alpha value is -2.64. The van der Waals surface area contributed by atoms with Crippen molar-refractivity contribution in [1.29, 1.82) is 0 Å². The third-order valence-corrected chi connectivity index (χ3v) is 5.86. The van der Waals surface area contributed by atoms with Crippen LogP contribution < -0.4 is 5.32 Å². The molecule has 0 amide bonds. The number of nitrogens with one attached hydrogen (secondary N) is 1. The molecule has 0 aliphatic heterocycles. The molecule has 4 aromatic rings. The van der Waals surface area contributed by atoms with Crippen molar-refractivity contribution in [2.75, 3.05) is 6.54 Å². The summed E-state index contributed by atoms with van der Waals surface area (Å²) in [5.41, 5.74) is 4.26. The molecular weight excluding hydrogens is 409 g/mol. The summed E-state index contributed by atoms with van der Waals surface area (Å²) < 4.78 is 44.2. The highest BCUT2D eigenvalue weighted by molar-refractivity contribution is 7.17. The predicted molar refractivity (Wildman–Crippen MR) is 113 cm³/mol. The number of thiophene rings is 1. The quantitative estimate of drug-likeness (QED) is 0.317. The summed E-state index contributed by atoms with van der Waals surface area (Å²) >= 11 is 1.63.